The first-order valence-corrected chi connectivity index (χ1v) is 11.1. The Hall–Kier alpha value is -0.630. The molecule has 1 spiro atoms. The largest absolute Gasteiger partial charge is 0.374 e. The van der Waals surface area contributed by atoms with E-state index >= 15 is 0 Å². The Morgan fingerprint density at radius 2 is 2.04 bits per heavy atom. The number of carbonyl (C=O) groups excluding carboxylic acids is 1. The van der Waals surface area contributed by atoms with E-state index in [0.29, 0.717) is 11.2 Å². The Bertz CT molecular complexity index is 642. The number of hydrogen-bond acceptors (Lipinski definition) is 2. The van der Waals surface area contributed by atoms with E-state index in [1.807, 2.05) is 0 Å². The Labute approximate surface area is 151 Å². The van der Waals surface area contributed by atoms with E-state index in [0.717, 1.165) is 55.0 Å². The quantitative estimate of drug-likeness (QED) is 0.677. The summed E-state index contributed by atoms with van der Waals surface area (Å²) in [6.45, 7) is 3.46. The molecule has 25 heavy (non-hydrogen) atoms. The van der Waals surface area contributed by atoms with E-state index in [4.69, 9.17) is 4.74 Å². The molecule has 1 saturated heterocycles. The van der Waals surface area contributed by atoms with Crippen LogP contribution in [0.5, 0.6) is 0 Å². The van der Waals surface area contributed by atoms with Gasteiger partial charge in [0.2, 0.25) is 0 Å². The molecule has 5 aliphatic carbocycles. The van der Waals surface area contributed by atoms with Gasteiger partial charge in [-0.15, -0.1) is 0 Å². The van der Waals surface area contributed by atoms with Crippen molar-refractivity contribution in [1.82, 2.24) is 0 Å². The highest BCUT2D eigenvalue weighted by Crippen LogP contribution is 2.74. The third kappa shape index (κ3) is 1.78. The Kier molecular flexibility index (Phi) is 3.09. The zero-order valence-corrected chi connectivity index (χ0v) is 15.6. The smallest absolute Gasteiger partial charge is 0.155 e. The van der Waals surface area contributed by atoms with Gasteiger partial charge in [-0.3, -0.25) is 4.79 Å². The molecule has 1 aliphatic heterocycles. The summed E-state index contributed by atoms with van der Waals surface area (Å²) in [6.07, 6.45) is 14.9. The molecule has 6 aliphatic rings. The normalized spacial score (nSPS) is 56.0. The molecule has 0 radical (unpaired) electrons. The average Bonchev–Trinajstić information content (AvgIpc) is 3.18. The van der Waals surface area contributed by atoms with Crippen molar-refractivity contribution < 1.29 is 9.53 Å². The maximum Gasteiger partial charge on any atom is 0.155 e. The van der Waals surface area contributed by atoms with Crippen LogP contribution in [0.15, 0.2) is 11.6 Å². The SMILES string of the molecule is CC[C@]12CCC3C(C1CC[C@@]21CCCO1)[C@@H]1C[C@@H]1C1=CC(=O)CC[C@@H]13. The van der Waals surface area contributed by atoms with Gasteiger partial charge in [0.05, 0.1) is 5.60 Å². The van der Waals surface area contributed by atoms with Crippen molar-refractivity contribution in [2.75, 3.05) is 6.61 Å². The minimum atomic E-state index is 0.237. The Morgan fingerprint density at radius 1 is 1.12 bits per heavy atom. The van der Waals surface area contributed by atoms with Gasteiger partial charge in [0.25, 0.3) is 0 Å². The van der Waals surface area contributed by atoms with Crippen LogP contribution in [0.4, 0.5) is 0 Å². The molecule has 3 unspecified atom stereocenters. The Balaban J connectivity index is 1.39. The third-order valence-electron chi connectivity index (χ3n) is 9.83. The molecule has 8 atom stereocenters. The molecular weight excluding hydrogens is 308 g/mol. The summed E-state index contributed by atoms with van der Waals surface area (Å²) in [5, 5.41) is 0. The zero-order valence-electron chi connectivity index (χ0n) is 15.6. The highest BCUT2D eigenvalue weighted by atomic mass is 16.5. The van der Waals surface area contributed by atoms with Crippen molar-refractivity contribution >= 4 is 5.78 Å². The molecule has 0 aromatic carbocycles. The monoisotopic (exact) mass is 340 g/mol. The first-order chi connectivity index (χ1) is 12.2. The molecule has 2 nitrogen and oxygen atoms in total. The fraction of sp³-hybridized carbons (Fsp3) is 0.870. The predicted molar refractivity (Wildman–Crippen MR) is 97.0 cm³/mol. The molecule has 0 bridgehead atoms. The molecule has 2 heteroatoms. The van der Waals surface area contributed by atoms with Crippen molar-refractivity contribution in [2.24, 2.45) is 40.9 Å². The van der Waals surface area contributed by atoms with E-state index < -0.39 is 0 Å². The summed E-state index contributed by atoms with van der Waals surface area (Å²) >= 11 is 0. The van der Waals surface area contributed by atoms with Crippen LogP contribution >= 0.6 is 0 Å². The summed E-state index contributed by atoms with van der Waals surface area (Å²) in [5.41, 5.74) is 2.31. The molecular formula is C23H32O2. The van der Waals surface area contributed by atoms with Gasteiger partial charge in [0.15, 0.2) is 5.78 Å². The standard InChI is InChI=1S/C23H32O2/c1-2-22-9-6-16-15-5-4-14(24)12-17(15)18-13-19(18)21(16)20(22)7-10-23(22)8-3-11-25-23/h12,15-16,18-21H,2-11,13H2,1H3/t15-,16?,18-,19-,20?,21?,22+,23+/m1/s1. The average molecular weight is 341 g/mol. The van der Waals surface area contributed by atoms with E-state index in [1.54, 1.807) is 5.57 Å². The second-order valence-corrected chi connectivity index (χ2v) is 10.1. The van der Waals surface area contributed by atoms with Gasteiger partial charge >= 0.3 is 0 Å². The maximum atomic E-state index is 12.0. The topological polar surface area (TPSA) is 26.3 Å². The third-order valence-corrected chi connectivity index (χ3v) is 9.83. The fourth-order valence-corrected chi connectivity index (χ4v) is 8.97. The van der Waals surface area contributed by atoms with Crippen LogP contribution < -0.4 is 0 Å². The minimum Gasteiger partial charge on any atom is -0.374 e. The lowest BCUT2D eigenvalue weighted by molar-refractivity contribution is -0.141. The number of allylic oxidation sites excluding steroid dienone is 1. The molecule has 0 N–H and O–H groups in total. The molecule has 136 valence electrons. The molecule has 0 aromatic rings. The first-order valence-electron chi connectivity index (χ1n) is 11.1. The van der Waals surface area contributed by atoms with Crippen LogP contribution in [0.25, 0.3) is 0 Å². The Morgan fingerprint density at radius 3 is 2.84 bits per heavy atom. The second kappa shape index (κ2) is 5.00. The number of carbonyl (C=O) groups is 1. The van der Waals surface area contributed by atoms with Gasteiger partial charge in [-0.1, -0.05) is 12.5 Å². The van der Waals surface area contributed by atoms with Gasteiger partial charge in [-0.2, -0.15) is 0 Å². The van der Waals surface area contributed by atoms with Gasteiger partial charge in [-0.25, -0.2) is 0 Å². The van der Waals surface area contributed by atoms with Crippen LogP contribution in [-0.4, -0.2) is 18.0 Å². The van der Waals surface area contributed by atoms with E-state index in [-0.39, 0.29) is 5.60 Å². The molecule has 5 fully saturated rings. The van der Waals surface area contributed by atoms with Gasteiger partial charge < -0.3 is 4.74 Å². The first kappa shape index (κ1) is 15.4. The summed E-state index contributed by atoms with van der Waals surface area (Å²) < 4.78 is 6.56. The van der Waals surface area contributed by atoms with Crippen LogP contribution in [0, 0.1) is 40.9 Å². The van der Waals surface area contributed by atoms with Gasteiger partial charge in [-0.05, 0) is 99.4 Å². The lowest BCUT2D eigenvalue weighted by atomic mass is 9.49. The predicted octanol–water partition coefficient (Wildman–Crippen LogP) is 4.92. The summed E-state index contributed by atoms with van der Waals surface area (Å²) in [6, 6.07) is 0. The van der Waals surface area contributed by atoms with Crippen molar-refractivity contribution in [3.63, 3.8) is 0 Å². The van der Waals surface area contributed by atoms with E-state index in [2.05, 4.69) is 13.0 Å². The number of hydrogen-bond donors (Lipinski definition) is 0. The van der Waals surface area contributed by atoms with Gasteiger partial charge in [0, 0.05) is 18.4 Å². The maximum absolute atomic E-state index is 12.0. The lowest BCUT2D eigenvalue weighted by Crippen LogP contribution is -2.54. The van der Waals surface area contributed by atoms with Crippen LogP contribution in [-0.2, 0) is 9.53 Å². The fourth-order valence-electron chi connectivity index (χ4n) is 8.97. The van der Waals surface area contributed by atoms with Crippen molar-refractivity contribution in [3.8, 4) is 0 Å². The van der Waals surface area contributed by atoms with Crippen LogP contribution in [0.2, 0.25) is 0 Å². The highest BCUT2D eigenvalue weighted by molar-refractivity contribution is 5.91. The molecule has 0 aromatic heterocycles. The highest BCUT2D eigenvalue weighted by Gasteiger charge is 2.69. The molecule has 1 heterocycles. The minimum absolute atomic E-state index is 0.237. The van der Waals surface area contributed by atoms with E-state index in [1.165, 1.54) is 51.4 Å². The molecule has 4 saturated carbocycles. The number of rotatable bonds is 1. The number of fused-ring (bicyclic) bond motifs is 9. The number of ether oxygens (including phenoxy) is 1. The van der Waals surface area contributed by atoms with Crippen molar-refractivity contribution in [3.05, 3.63) is 11.6 Å². The zero-order chi connectivity index (χ0) is 16.8. The molecule has 6 rings (SSSR count). The molecule has 0 amide bonds. The van der Waals surface area contributed by atoms with Crippen molar-refractivity contribution in [1.29, 1.82) is 0 Å². The number of ketones is 1. The summed E-state index contributed by atoms with van der Waals surface area (Å²) in [4.78, 5) is 12.0. The van der Waals surface area contributed by atoms with E-state index in [9.17, 15) is 4.79 Å². The second-order valence-electron chi connectivity index (χ2n) is 10.1. The van der Waals surface area contributed by atoms with Crippen LogP contribution in [0.1, 0.15) is 71.1 Å². The lowest BCUT2D eigenvalue weighted by Gasteiger charge is -2.57. The van der Waals surface area contributed by atoms with Gasteiger partial charge in [0.1, 0.15) is 0 Å². The summed E-state index contributed by atoms with van der Waals surface area (Å²) in [7, 11) is 0. The van der Waals surface area contributed by atoms with Crippen molar-refractivity contribution in [2.45, 2.75) is 76.7 Å². The van der Waals surface area contributed by atoms with Crippen LogP contribution in [0.3, 0.4) is 0 Å². The summed E-state index contributed by atoms with van der Waals surface area (Å²) in [5.74, 6) is 5.58.